The van der Waals surface area contributed by atoms with Crippen LogP contribution in [0, 0.1) is 6.92 Å². The Hall–Kier alpha value is -1.75. The minimum atomic E-state index is 0.533. The highest BCUT2D eigenvalue weighted by Crippen LogP contribution is 2.29. The first-order chi connectivity index (χ1) is 9.04. The number of likely N-dealkylation sites (N-methyl/N-ethyl adjacent to an activating group) is 1. The number of fused-ring (bicyclic) bond motifs is 1. The van der Waals surface area contributed by atoms with Crippen LogP contribution in [0.2, 0.25) is 0 Å². The lowest BCUT2D eigenvalue weighted by molar-refractivity contribution is 0.254. The summed E-state index contributed by atoms with van der Waals surface area (Å²) in [6.07, 6.45) is 0.927. The molecule has 2 aromatic heterocycles. The van der Waals surface area contributed by atoms with Crippen LogP contribution in [0.15, 0.2) is 12.1 Å². The summed E-state index contributed by atoms with van der Waals surface area (Å²) in [6, 6.07) is 4.16. The minimum Gasteiger partial charge on any atom is -0.474 e. The molecule has 0 fully saturated rings. The monoisotopic (exact) mass is 262 g/mol. The van der Waals surface area contributed by atoms with Gasteiger partial charge in [-0.15, -0.1) is 5.10 Å². The first-order valence-corrected chi connectivity index (χ1v) is 6.58. The fourth-order valence-corrected chi connectivity index (χ4v) is 2.06. The lowest BCUT2D eigenvalue weighted by Crippen LogP contribution is -2.19. The quantitative estimate of drug-likeness (QED) is 0.891. The highest BCUT2D eigenvalue weighted by Gasteiger charge is 2.15. The maximum atomic E-state index is 6.18. The molecular formula is C14H22N4O. The van der Waals surface area contributed by atoms with E-state index in [2.05, 4.69) is 29.1 Å². The van der Waals surface area contributed by atoms with Gasteiger partial charge in [0.1, 0.15) is 12.3 Å². The van der Waals surface area contributed by atoms with Crippen LogP contribution >= 0.6 is 0 Å². The highest BCUT2D eigenvalue weighted by atomic mass is 16.5. The Morgan fingerprint density at radius 3 is 2.74 bits per heavy atom. The number of nitrogens with two attached hydrogens (primary N) is 1. The number of hydrogen-bond acceptors (Lipinski definition) is 4. The van der Waals surface area contributed by atoms with E-state index >= 15 is 0 Å². The van der Waals surface area contributed by atoms with Gasteiger partial charge >= 0.3 is 0 Å². The highest BCUT2D eigenvalue weighted by molar-refractivity contribution is 5.78. The largest absolute Gasteiger partial charge is 0.474 e. The molecule has 19 heavy (non-hydrogen) atoms. The number of pyridine rings is 1. The Morgan fingerprint density at radius 2 is 2.11 bits per heavy atom. The number of nitrogens with zero attached hydrogens (tertiary/aromatic N) is 3. The molecule has 2 heterocycles. The summed E-state index contributed by atoms with van der Waals surface area (Å²) in [6.45, 7) is 5.56. The minimum absolute atomic E-state index is 0.533. The normalized spacial score (nSPS) is 11.4. The van der Waals surface area contributed by atoms with Crippen LogP contribution in [0.3, 0.4) is 0 Å². The third-order valence-electron chi connectivity index (χ3n) is 3.21. The number of anilines is 1. The number of aromatic nitrogens is 2. The van der Waals surface area contributed by atoms with Gasteiger partial charge in [0, 0.05) is 12.2 Å². The average Bonchev–Trinajstić information content (AvgIpc) is 2.69. The van der Waals surface area contributed by atoms with Gasteiger partial charge in [-0.05, 0) is 39.1 Å². The lowest BCUT2D eigenvalue weighted by atomic mass is 10.1. The predicted octanol–water partition coefficient (Wildman–Crippen LogP) is 1.73. The standard InChI is InChI=1S/C14H22N4O/c1-5-11-7-6-10(2)18-13(11)12(15)14(16-18)19-9-8-17(3)4/h6-7H,5,8-9,15H2,1-4H3. The van der Waals surface area contributed by atoms with Gasteiger partial charge < -0.3 is 15.4 Å². The van der Waals surface area contributed by atoms with Crippen LogP contribution in [0.4, 0.5) is 5.69 Å². The van der Waals surface area contributed by atoms with Crippen molar-refractivity contribution in [1.29, 1.82) is 0 Å². The zero-order valence-corrected chi connectivity index (χ0v) is 12.1. The zero-order valence-electron chi connectivity index (χ0n) is 12.1. The van der Waals surface area contributed by atoms with Crippen molar-refractivity contribution in [3.05, 3.63) is 23.4 Å². The first-order valence-electron chi connectivity index (χ1n) is 6.58. The summed E-state index contributed by atoms with van der Waals surface area (Å²) in [4.78, 5) is 2.06. The number of rotatable bonds is 5. The Balaban J connectivity index is 2.36. The molecule has 0 aromatic carbocycles. The van der Waals surface area contributed by atoms with Gasteiger partial charge in [0.15, 0.2) is 0 Å². The van der Waals surface area contributed by atoms with Crippen molar-refractivity contribution in [2.75, 3.05) is 33.0 Å². The number of aryl methyl sites for hydroxylation is 2. The predicted molar refractivity (Wildman–Crippen MR) is 77.8 cm³/mol. The average molecular weight is 262 g/mol. The third-order valence-corrected chi connectivity index (χ3v) is 3.21. The van der Waals surface area contributed by atoms with Gasteiger partial charge in [-0.3, -0.25) is 0 Å². The van der Waals surface area contributed by atoms with Gasteiger partial charge in [0.05, 0.1) is 5.52 Å². The summed E-state index contributed by atoms with van der Waals surface area (Å²) >= 11 is 0. The topological polar surface area (TPSA) is 55.8 Å². The summed E-state index contributed by atoms with van der Waals surface area (Å²) in [7, 11) is 4.02. The summed E-state index contributed by atoms with van der Waals surface area (Å²) in [5.41, 5.74) is 10.0. The van der Waals surface area contributed by atoms with Crippen molar-refractivity contribution in [2.45, 2.75) is 20.3 Å². The molecule has 0 spiro atoms. The molecule has 104 valence electrons. The molecule has 2 aromatic rings. The molecule has 2 N–H and O–H groups in total. The van der Waals surface area contributed by atoms with Crippen LogP contribution < -0.4 is 10.5 Å². The van der Waals surface area contributed by atoms with Crippen LogP contribution in [0.1, 0.15) is 18.2 Å². The molecule has 0 bridgehead atoms. The smallest absolute Gasteiger partial charge is 0.257 e. The molecule has 5 heteroatoms. The summed E-state index contributed by atoms with van der Waals surface area (Å²) in [5.74, 6) is 0.533. The fraction of sp³-hybridized carbons (Fsp3) is 0.500. The van der Waals surface area contributed by atoms with E-state index in [1.54, 1.807) is 0 Å². The van der Waals surface area contributed by atoms with Crippen molar-refractivity contribution in [2.24, 2.45) is 0 Å². The van der Waals surface area contributed by atoms with Crippen LogP contribution in [0.5, 0.6) is 5.88 Å². The van der Waals surface area contributed by atoms with E-state index in [9.17, 15) is 0 Å². The van der Waals surface area contributed by atoms with Crippen molar-refractivity contribution < 1.29 is 4.74 Å². The van der Waals surface area contributed by atoms with E-state index in [0.29, 0.717) is 18.2 Å². The summed E-state index contributed by atoms with van der Waals surface area (Å²) in [5, 5.41) is 4.47. The van der Waals surface area contributed by atoms with Gasteiger partial charge in [-0.1, -0.05) is 13.0 Å². The van der Waals surface area contributed by atoms with Crippen LogP contribution in [0.25, 0.3) is 5.52 Å². The van der Waals surface area contributed by atoms with Gasteiger partial charge in [0.25, 0.3) is 5.88 Å². The van der Waals surface area contributed by atoms with E-state index in [4.69, 9.17) is 10.5 Å². The van der Waals surface area contributed by atoms with Gasteiger partial charge in [0.2, 0.25) is 0 Å². The van der Waals surface area contributed by atoms with Crippen molar-refractivity contribution in [1.82, 2.24) is 14.5 Å². The maximum absolute atomic E-state index is 6.18. The summed E-state index contributed by atoms with van der Waals surface area (Å²) < 4.78 is 7.56. The molecule has 0 saturated heterocycles. The second-order valence-electron chi connectivity index (χ2n) is 4.98. The molecule has 0 aliphatic rings. The van der Waals surface area contributed by atoms with Crippen molar-refractivity contribution in [3.63, 3.8) is 0 Å². The van der Waals surface area contributed by atoms with Crippen LogP contribution in [-0.4, -0.2) is 41.8 Å². The SMILES string of the molecule is CCc1ccc(C)n2nc(OCCN(C)C)c(N)c12. The molecule has 0 atom stereocenters. The molecule has 5 nitrogen and oxygen atoms in total. The third kappa shape index (κ3) is 2.66. The second kappa shape index (κ2) is 5.48. The van der Waals surface area contributed by atoms with Crippen molar-refractivity contribution in [3.8, 4) is 5.88 Å². The fourth-order valence-electron chi connectivity index (χ4n) is 2.06. The number of nitrogen functional groups attached to an aromatic ring is 1. The molecule has 0 aliphatic heterocycles. The van der Waals surface area contributed by atoms with E-state index in [-0.39, 0.29) is 0 Å². The molecule has 2 rings (SSSR count). The molecule has 0 amide bonds. The van der Waals surface area contributed by atoms with Crippen molar-refractivity contribution >= 4 is 11.2 Å². The second-order valence-corrected chi connectivity index (χ2v) is 4.98. The van der Waals surface area contributed by atoms with Gasteiger partial charge in [-0.25, -0.2) is 4.52 Å². The van der Waals surface area contributed by atoms with E-state index in [1.807, 2.05) is 25.5 Å². The Bertz CT molecular complexity index is 574. The first kappa shape index (κ1) is 13.7. The molecule has 0 saturated carbocycles. The lowest BCUT2D eigenvalue weighted by Gasteiger charge is -2.09. The Kier molecular flexibility index (Phi) is 3.95. The molecular weight excluding hydrogens is 240 g/mol. The van der Waals surface area contributed by atoms with E-state index in [0.717, 1.165) is 24.2 Å². The molecule has 0 aliphatic carbocycles. The van der Waals surface area contributed by atoms with E-state index in [1.165, 1.54) is 5.56 Å². The maximum Gasteiger partial charge on any atom is 0.257 e. The Labute approximate surface area is 114 Å². The Morgan fingerprint density at radius 1 is 1.37 bits per heavy atom. The zero-order chi connectivity index (χ0) is 14.0. The number of ether oxygens (including phenoxy) is 1. The van der Waals surface area contributed by atoms with Gasteiger partial charge in [-0.2, -0.15) is 0 Å². The molecule has 0 unspecified atom stereocenters. The number of hydrogen-bond donors (Lipinski definition) is 1. The van der Waals surface area contributed by atoms with E-state index < -0.39 is 0 Å². The molecule has 0 radical (unpaired) electrons. The van der Waals surface area contributed by atoms with Crippen LogP contribution in [-0.2, 0) is 6.42 Å².